The average molecular weight is 309 g/mol. The lowest BCUT2D eigenvalue weighted by Gasteiger charge is -2.36. The number of hydrogen-bond donors (Lipinski definition) is 1. The molecule has 23 heavy (non-hydrogen) atoms. The number of likely N-dealkylation sites (N-methyl/N-ethyl adjacent to an activating group) is 1. The Labute approximate surface area is 133 Å². The Morgan fingerprint density at radius 1 is 1.00 bits per heavy atom. The van der Waals surface area contributed by atoms with Crippen LogP contribution in [0.4, 0.5) is 11.4 Å². The van der Waals surface area contributed by atoms with Crippen LogP contribution in [-0.2, 0) is 0 Å². The Balaban J connectivity index is 2.04. The average Bonchev–Trinajstić information content (AvgIpc) is 2.51. The molecule has 0 radical (unpaired) electrons. The highest BCUT2D eigenvalue weighted by atomic mass is 16.5. The predicted octanol–water partition coefficient (Wildman–Crippen LogP) is 2.00. The van der Waals surface area contributed by atoms with Crippen molar-refractivity contribution in [1.29, 1.82) is 0 Å². The van der Waals surface area contributed by atoms with Gasteiger partial charge in [0.05, 0.1) is 25.2 Å². The van der Waals surface area contributed by atoms with E-state index < -0.39 is 0 Å². The van der Waals surface area contributed by atoms with Gasteiger partial charge < -0.3 is 10.5 Å². The lowest BCUT2D eigenvalue weighted by Crippen LogP contribution is -2.47. The molecule has 1 aliphatic carbocycles. The second-order valence-corrected chi connectivity index (χ2v) is 6.52. The van der Waals surface area contributed by atoms with Crippen LogP contribution in [0.1, 0.15) is 31.8 Å². The second kappa shape index (κ2) is 4.43. The quantitative estimate of drug-likeness (QED) is 0.509. The number of carbonyl (C=O) groups excluding carboxylic acids is 2. The molecule has 4 rings (SSSR count). The van der Waals surface area contributed by atoms with Crippen molar-refractivity contribution in [3.8, 4) is 5.75 Å². The third-order valence-electron chi connectivity index (χ3n) is 4.73. The molecule has 0 atom stereocenters. The van der Waals surface area contributed by atoms with Crippen LogP contribution in [-0.4, -0.2) is 38.8 Å². The lowest BCUT2D eigenvalue weighted by atomic mass is 9.82. The fourth-order valence-corrected chi connectivity index (χ4v) is 3.39. The first-order valence-corrected chi connectivity index (χ1v) is 7.53. The first-order valence-electron chi connectivity index (χ1n) is 7.53. The second-order valence-electron chi connectivity index (χ2n) is 6.52. The molecule has 2 aromatic carbocycles. The molecule has 0 saturated heterocycles. The molecule has 1 heterocycles. The zero-order valence-corrected chi connectivity index (χ0v) is 13.1. The van der Waals surface area contributed by atoms with E-state index in [-0.39, 0.29) is 17.1 Å². The Morgan fingerprint density at radius 2 is 1.74 bits per heavy atom. The number of nitrogens with zero attached hydrogens (tertiary/aromatic N) is 1. The van der Waals surface area contributed by atoms with Crippen LogP contribution in [0.3, 0.4) is 0 Å². The summed E-state index contributed by atoms with van der Waals surface area (Å²) in [6.45, 7) is 1.32. The first-order chi connectivity index (χ1) is 10.9. The fourth-order valence-electron chi connectivity index (χ4n) is 3.39. The van der Waals surface area contributed by atoms with E-state index in [9.17, 15) is 9.59 Å². The van der Waals surface area contributed by atoms with Gasteiger partial charge in [0.25, 0.3) is 0 Å². The Hall–Kier alpha value is -2.66. The number of carbonyl (C=O) groups is 2. The third-order valence-corrected chi connectivity index (χ3v) is 4.73. The van der Waals surface area contributed by atoms with Gasteiger partial charge in [0, 0.05) is 22.9 Å². The van der Waals surface area contributed by atoms with Crippen molar-refractivity contribution in [1.82, 2.24) is 4.48 Å². The smallest absolute Gasteiger partial charge is 0.200 e. The summed E-state index contributed by atoms with van der Waals surface area (Å²) in [6.07, 6.45) is 0. The zero-order chi connectivity index (χ0) is 16.4. The van der Waals surface area contributed by atoms with Crippen molar-refractivity contribution in [2.24, 2.45) is 0 Å². The van der Waals surface area contributed by atoms with Gasteiger partial charge in [-0.3, -0.25) is 14.1 Å². The highest BCUT2D eigenvalue weighted by molar-refractivity contribution is 6.31. The SMILES string of the molecule is C[N+]1(C)CCOc2c1ccc1c2C(=O)c2c(N)cccc2C1=O. The molecule has 0 unspecified atom stereocenters. The van der Waals surface area contributed by atoms with E-state index in [1.165, 1.54) is 0 Å². The number of fused-ring (bicyclic) bond motifs is 4. The highest BCUT2D eigenvalue weighted by Gasteiger charge is 2.39. The number of ketones is 2. The molecule has 0 bridgehead atoms. The molecular weight excluding hydrogens is 292 g/mol. The normalized spacial score (nSPS) is 17.8. The Bertz CT molecular complexity index is 884. The van der Waals surface area contributed by atoms with Gasteiger partial charge in [-0.1, -0.05) is 12.1 Å². The summed E-state index contributed by atoms with van der Waals surface area (Å²) in [5.41, 5.74) is 8.61. The molecule has 0 spiro atoms. The van der Waals surface area contributed by atoms with Gasteiger partial charge >= 0.3 is 0 Å². The van der Waals surface area contributed by atoms with Crippen LogP contribution < -0.4 is 15.0 Å². The predicted molar refractivity (Wildman–Crippen MR) is 88.2 cm³/mol. The van der Waals surface area contributed by atoms with E-state index in [0.717, 1.165) is 12.2 Å². The van der Waals surface area contributed by atoms with E-state index in [1.54, 1.807) is 24.3 Å². The Morgan fingerprint density at radius 3 is 2.52 bits per heavy atom. The van der Waals surface area contributed by atoms with Crippen molar-refractivity contribution in [2.75, 3.05) is 33.0 Å². The van der Waals surface area contributed by atoms with E-state index in [0.29, 0.717) is 39.2 Å². The summed E-state index contributed by atoms with van der Waals surface area (Å²) < 4.78 is 6.41. The molecule has 5 heteroatoms. The number of anilines is 1. The number of ether oxygens (including phenoxy) is 1. The van der Waals surface area contributed by atoms with Gasteiger partial charge in [-0.15, -0.1) is 0 Å². The topological polar surface area (TPSA) is 69.4 Å². The van der Waals surface area contributed by atoms with E-state index in [4.69, 9.17) is 10.5 Å². The van der Waals surface area contributed by atoms with Crippen LogP contribution in [0, 0.1) is 0 Å². The molecule has 2 aromatic rings. The summed E-state index contributed by atoms with van der Waals surface area (Å²) in [6, 6.07) is 8.60. The number of benzene rings is 2. The van der Waals surface area contributed by atoms with Crippen molar-refractivity contribution in [2.45, 2.75) is 0 Å². The fraction of sp³-hybridized carbons (Fsp3) is 0.222. The monoisotopic (exact) mass is 309 g/mol. The molecule has 1 aliphatic heterocycles. The van der Waals surface area contributed by atoms with Crippen LogP contribution in [0.2, 0.25) is 0 Å². The van der Waals surface area contributed by atoms with Crippen LogP contribution in [0.5, 0.6) is 5.75 Å². The van der Waals surface area contributed by atoms with Gasteiger partial charge in [-0.05, 0) is 12.1 Å². The van der Waals surface area contributed by atoms with Crippen molar-refractivity contribution >= 4 is 22.9 Å². The molecule has 0 fully saturated rings. The minimum Gasteiger partial charge on any atom is -0.481 e. The summed E-state index contributed by atoms with van der Waals surface area (Å²) >= 11 is 0. The number of hydrogen-bond acceptors (Lipinski definition) is 4. The summed E-state index contributed by atoms with van der Waals surface area (Å²) in [4.78, 5) is 25.8. The van der Waals surface area contributed by atoms with E-state index in [2.05, 4.69) is 14.1 Å². The third kappa shape index (κ3) is 1.77. The maximum absolute atomic E-state index is 13.0. The number of rotatable bonds is 0. The zero-order valence-electron chi connectivity index (χ0n) is 13.1. The maximum atomic E-state index is 13.0. The molecule has 2 aliphatic rings. The van der Waals surface area contributed by atoms with Crippen LogP contribution in [0.25, 0.3) is 0 Å². The summed E-state index contributed by atoms with van der Waals surface area (Å²) in [5, 5.41) is 0. The molecule has 116 valence electrons. The molecule has 2 N–H and O–H groups in total. The molecule has 0 amide bonds. The Kier molecular flexibility index (Phi) is 2.69. The van der Waals surface area contributed by atoms with Gasteiger partial charge in [-0.25, -0.2) is 0 Å². The number of quaternary nitrogens is 1. The molecule has 0 saturated carbocycles. The van der Waals surface area contributed by atoms with Gasteiger partial charge in [0.2, 0.25) is 5.78 Å². The van der Waals surface area contributed by atoms with Gasteiger partial charge in [0.15, 0.2) is 17.2 Å². The number of nitrogen functional groups attached to an aromatic ring is 1. The van der Waals surface area contributed by atoms with Crippen molar-refractivity contribution < 1.29 is 14.3 Å². The largest absolute Gasteiger partial charge is 0.481 e. The van der Waals surface area contributed by atoms with Gasteiger partial charge in [0.1, 0.15) is 13.2 Å². The van der Waals surface area contributed by atoms with Gasteiger partial charge in [-0.2, -0.15) is 0 Å². The summed E-state index contributed by atoms with van der Waals surface area (Å²) in [7, 11) is 4.12. The summed E-state index contributed by atoms with van der Waals surface area (Å²) in [5.74, 6) is 0.113. The van der Waals surface area contributed by atoms with E-state index >= 15 is 0 Å². The number of nitrogens with two attached hydrogens (primary N) is 1. The lowest BCUT2D eigenvalue weighted by molar-refractivity contribution is 0.0974. The van der Waals surface area contributed by atoms with Crippen LogP contribution >= 0.6 is 0 Å². The van der Waals surface area contributed by atoms with E-state index in [1.807, 2.05) is 6.07 Å². The van der Waals surface area contributed by atoms with Crippen LogP contribution in [0.15, 0.2) is 30.3 Å². The van der Waals surface area contributed by atoms with Crippen molar-refractivity contribution in [3.05, 3.63) is 52.6 Å². The minimum atomic E-state index is -0.230. The highest BCUT2D eigenvalue weighted by Crippen LogP contribution is 2.43. The minimum absolute atomic E-state index is 0.177. The standard InChI is InChI=1S/C18H16N2O3/c1-20(2)8-9-23-18-13(20)7-6-11-15(18)17(22)14-10(16(11)21)4-3-5-12(14)19/h3-7H,8-9H2,1-2H3,(H-,19,22)/p+1. The maximum Gasteiger partial charge on any atom is 0.200 e. The molecular formula is C18H17N2O3+. The van der Waals surface area contributed by atoms with Crippen molar-refractivity contribution in [3.63, 3.8) is 0 Å². The first kappa shape index (κ1) is 14.0. The molecule has 5 nitrogen and oxygen atoms in total. The molecule has 0 aromatic heterocycles.